The highest BCUT2D eigenvalue weighted by atomic mass is 35.5. The smallest absolute Gasteiger partial charge is 0.327 e. The number of rotatable bonds is 4. The molecule has 0 spiro atoms. The second-order valence-electron chi connectivity index (χ2n) is 5.91. The summed E-state index contributed by atoms with van der Waals surface area (Å²) in [6, 6.07) is 8.45. The number of piperazine rings is 1. The summed E-state index contributed by atoms with van der Waals surface area (Å²) in [4.78, 5) is 24.6. The zero-order valence-electron chi connectivity index (χ0n) is 14.2. The van der Waals surface area contributed by atoms with E-state index in [1.165, 1.54) is 7.11 Å². The van der Waals surface area contributed by atoms with Crippen molar-refractivity contribution in [3.8, 4) is 0 Å². The monoisotopic (exact) mass is 395 g/mol. The standard InChI is InChI=1S/C17H19Cl2N5O2/c1-26-16(25)15(11-2-4-12(18)5-3-11)24-8-6-23(7-9-24)14-10-13(19)21-17(20)22-14/h2-5,10,15H,6-9H2,1H3,(H2,20,21,22). The van der Waals surface area contributed by atoms with E-state index in [-0.39, 0.29) is 11.9 Å². The van der Waals surface area contributed by atoms with Crippen molar-refractivity contribution in [2.24, 2.45) is 0 Å². The Labute approximate surface area is 161 Å². The minimum Gasteiger partial charge on any atom is -0.468 e. The molecule has 2 heterocycles. The molecule has 26 heavy (non-hydrogen) atoms. The lowest BCUT2D eigenvalue weighted by Gasteiger charge is -2.38. The number of nitrogens with two attached hydrogens (primary N) is 1. The van der Waals surface area contributed by atoms with Gasteiger partial charge in [0, 0.05) is 37.3 Å². The maximum Gasteiger partial charge on any atom is 0.327 e. The SMILES string of the molecule is COC(=O)C(c1ccc(Cl)cc1)N1CCN(c2cc(Cl)nc(N)n2)CC1. The van der Waals surface area contributed by atoms with Crippen molar-refractivity contribution in [3.63, 3.8) is 0 Å². The Morgan fingerprint density at radius 2 is 1.81 bits per heavy atom. The summed E-state index contributed by atoms with van der Waals surface area (Å²) in [5.41, 5.74) is 6.52. The van der Waals surface area contributed by atoms with E-state index in [2.05, 4.69) is 19.8 Å². The molecule has 9 heteroatoms. The highest BCUT2D eigenvalue weighted by Crippen LogP contribution is 2.26. The van der Waals surface area contributed by atoms with Crippen molar-refractivity contribution in [1.29, 1.82) is 0 Å². The van der Waals surface area contributed by atoms with Gasteiger partial charge in [-0.05, 0) is 17.7 Å². The second-order valence-corrected chi connectivity index (χ2v) is 6.73. The summed E-state index contributed by atoms with van der Waals surface area (Å²) in [5.74, 6) is 0.530. The zero-order chi connectivity index (χ0) is 18.7. The molecule has 3 rings (SSSR count). The van der Waals surface area contributed by atoms with Crippen molar-refractivity contribution in [3.05, 3.63) is 46.1 Å². The van der Waals surface area contributed by atoms with Crippen LogP contribution in [0.3, 0.4) is 0 Å². The van der Waals surface area contributed by atoms with Gasteiger partial charge in [-0.3, -0.25) is 4.90 Å². The summed E-state index contributed by atoms with van der Waals surface area (Å²) in [6.07, 6.45) is 0. The molecule has 1 fully saturated rings. The van der Waals surface area contributed by atoms with Crippen LogP contribution in [0.25, 0.3) is 0 Å². The molecule has 0 saturated carbocycles. The molecule has 1 unspecified atom stereocenters. The van der Waals surface area contributed by atoms with Crippen molar-refractivity contribution < 1.29 is 9.53 Å². The summed E-state index contributed by atoms with van der Waals surface area (Å²) in [5, 5.41) is 0.934. The fraction of sp³-hybridized carbons (Fsp3) is 0.353. The predicted molar refractivity (Wildman–Crippen MR) is 101 cm³/mol. The van der Waals surface area contributed by atoms with Gasteiger partial charge in [0.25, 0.3) is 0 Å². The van der Waals surface area contributed by atoms with E-state index in [1.807, 2.05) is 12.1 Å². The Morgan fingerprint density at radius 1 is 1.15 bits per heavy atom. The van der Waals surface area contributed by atoms with Gasteiger partial charge in [-0.25, -0.2) is 9.78 Å². The minimum atomic E-state index is -0.474. The van der Waals surface area contributed by atoms with Crippen LogP contribution in [-0.2, 0) is 9.53 Å². The lowest BCUT2D eigenvalue weighted by Crippen LogP contribution is -2.49. The van der Waals surface area contributed by atoms with Gasteiger partial charge < -0.3 is 15.4 Å². The molecule has 7 nitrogen and oxygen atoms in total. The summed E-state index contributed by atoms with van der Waals surface area (Å²) >= 11 is 11.9. The lowest BCUT2D eigenvalue weighted by molar-refractivity contribution is -0.147. The number of hydrogen-bond donors (Lipinski definition) is 1. The first-order chi connectivity index (χ1) is 12.5. The number of ether oxygens (including phenoxy) is 1. The van der Waals surface area contributed by atoms with Gasteiger partial charge in [0.05, 0.1) is 7.11 Å². The van der Waals surface area contributed by atoms with Crippen LogP contribution >= 0.6 is 23.2 Å². The number of carbonyl (C=O) groups is 1. The van der Waals surface area contributed by atoms with Crippen LogP contribution < -0.4 is 10.6 Å². The van der Waals surface area contributed by atoms with E-state index in [9.17, 15) is 4.79 Å². The Morgan fingerprint density at radius 3 is 2.38 bits per heavy atom. The number of methoxy groups -OCH3 is 1. The number of benzene rings is 1. The molecule has 1 aliphatic rings. The number of hydrogen-bond acceptors (Lipinski definition) is 7. The third-order valence-corrected chi connectivity index (χ3v) is 4.76. The second kappa shape index (κ2) is 8.07. The van der Waals surface area contributed by atoms with Gasteiger partial charge >= 0.3 is 5.97 Å². The van der Waals surface area contributed by atoms with E-state index in [4.69, 9.17) is 33.7 Å². The largest absolute Gasteiger partial charge is 0.468 e. The van der Waals surface area contributed by atoms with Crippen LogP contribution in [0.5, 0.6) is 0 Å². The third kappa shape index (κ3) is 4.17. The normalized spacial score (nSPS) is 16.3. The predicted octanol–water partition coefficient (Wildman–Crippen LogP) is 2.40. The van der Waals surface area contributed by atoms with E-state index in [0.29, 0.717) is 42.2 Å². The van der Waals surface area contributed by atoms with Crippen molar-refractivity contribution in [1.82, 2.24) is 14.9 Å². The zero-order valence-corrected chi connectivity index (χ0v) is 15.7. The highest BCUT2D eigenvalue weighted by molar-refractivity contribution is 6.30. The molecular weight excluding hydrogens is 377 g/mol. The molecule has 1 aromatic heterocycles. The summed E-state index contributed by atoms with van der Waals surface area (Å²) < 4.78 is 5.01. The quantitative estimate of drug-likeness (QED) is 0.628. The topological polar surface area (TPSA) is 84.6 Å². The van der Waals surface area contributed by atoms with Crippen LogP contribution in [0, 0.1) is 0 Å². The van der Waals surface area contributed by atoms with Gasteiger partial charge in [0.2, 0.25) is 5.95 Å². The minimum absolute atomic E-state index is 0.142. The fourth-order valence-electron chi connectivity index (χ4n) is 3.05. The summed E-state index contributed by atoms with van der Waals surface area (Å²) in [6.45, 7) is 2.66. The Hall–Kier alpha value is -2.09. The van der Waals surface area contributed by atoms with E-state index in [0.717, 1.165) is 5.56 Å². The van der Waals surface area contributed by atoms with Gasteiger partial charge in [0.15, 0.2) is 0 Å². The highest BCUT2D eigenvalue weighted by Gasteiger charge is 2.31. The number of carbonyl (C=O) groups excluding carboxylic acids is 1. The van der Waals surface area contributed by atoms with Crippen LogP contribution in [0.1, 0.15) is 11.6 Å². The van der Waals surface area contributed by atoms with E-state index >= 15 is 0 Å². The van der Waals surface area contributed by atoms with E-state index < -0.39 is 6.04 Å². The number of aromatic nitrogens is 2. The van der Waals surface area contributed by atoms with Crippen molar-refractivity contribution >= 4 is 40.9 Å². The first kappa shape index (κ1) is 18.7. The first-order valence-corrected chi connectivity index (χ1v) is 8.86. The fourth-order valence-corrected chi connectivity index (χ4v) is 3.36. The summed E-state index contributed by atoms with van der Waals surface area (Å²) in [7, 11) is 1.40. The van der Waals surface area contributed by atoms with Gasteiger partial charge in [-0.1, -0.05) is 35.3 Å². The molecule has 0 amide bonds. The number of esters is 1. The van der Waals surface area contributed by atoms with Crippen LogP contribution in [0.15, 0.2) is 30.3 Å². The average Bonchev–Trinajstić information content (AvgIpc) is 2.63. The Balaban J connectivity index is 1.75. The molecule has 1 aromatic carbocycles. The van der Waals surface area contributed by atoms with Crippen LogP contribution in [-0.4, -0.2) is 54.1 Å². The van der Waals surface area contributed by atoms with E-state index in [1.54, 1.807) is 18.2 Å². The molecule has 0 bridgehead atoms. The third-order valence-electron chi connectivity index (χ3n) is 4.31. The maximum absolute atomic E-state index is 12.4. The van der Waals surface area contributed by atoms with Gasteiger partial charge in [-0.2, -0.15) is 4.98 Å². The molecule has 1 aliphatic heterocycles. The van der Waals surface area contributed by atoms with Gasteiger partial charge in [-0.15, -0.1) is 0 Å². The lowest BCUT2D eigenvalue weighted by atomic mass is 10.0. The van der Waals surface area contributed by atoms with Gasteiger partial charge in [0.1, 0.15) is 17.0 Å². The molecule has 2 aromatic rings. The molecular formula is C17H19Cl2N5O2. The Bertz CT molecular complexity index is 759. The number of nitrogen functional groups attached to an aromatic ring is 1. The molecule has 1 atom stereocenters. The number of halogens is 2. The van der Waals surface area contributed by atoms with Crippen LogP contribution in [0.2, 0.25) is 10.2 Å². The molecule has 138 valence electrons. The number of anilines is 2. The van der Waals surface area contributed by atoms with Crippen molar-refractivity contribution in [2.45, 2.75) is 6.04 Å². The molecule has 0 aliphatic carbocycles. The average molecular weight is 396 g/mol. The molecule has 0 radical (unpaired) electrons. The molecule has 2 N–H and O–H groups in total. The Kier molecular flexibility index (Phi) is 5.80. The van der Waals surface area contributed by atoms with Crippen LogP contribution in [0.4, 0.5) is 11.8 Å². The molecule has 1 saturated heterocycles. The maximum atomic E-state index is 12.4. The number of nitrogens with zero attached hydrogens (tertiary/aromatic N) is 4. The van der Waals surface area contributed by atoms with Crippen molar-refractivity contribution in [2.75, 3.05) is 43.9 Å². The first-order valence-electron chi connectivity index (χ1n) is 8.10.